The van der Waals surface area contributed by atoms with Crippen LogP contribution in [0.1, 0.15) is 12.0 Å². The lowest BCUT2D eigenvalue weighted by Gasteiger charge is -2.09. The predicted molar refractivity (Wildman–Crippen MR) is 128 cm³/mol. The van der Waals surface area contributed by atoms with E-state index in [-0.39, 0.29) is 25.5 Å². The van der Waals surface area contributed by atoms with Crippen LogP contribution in [0, 0.1) is 0 Å². The molecule has 0 aliphatic heterocycles. The molecular formula is C23H39N3O9. The van der Waals surface area contributed by atoms with Crippen LogP contribution in [0.5, 0.6) is 0 Å². The Morgan fingerprint density at radius 1 is 0.657 bits per heavy atom. The van der Waals surface area contributed by atoms with Crippen LogP contribution in [0.3, 0.4) is 0 Å². The lowest BCUT2D eigenvalue weighted by Crippen LogP contribution is -2.16. The standard InChI is InChI=1S/C23H39N3O9/c24-6-8-30-10-12-32-14-16-34-18-17-33-15-13-31-11-9-29-7-5-22(27)26-21-3-1-20(2-4-21)19-35-23(25)28/h1-4H,5-19,24H2,(H2,25,28)(H,26,27). The average Bonchev–Trinajstić information content (AvgIpc) is 2.85. The van der Waals surface area contributed by atoms with E-state index in [1.165, 1.54) is 0 Å². The highest BCUT2D eigenvalue weighted by molar-refractivity contribution is 5.90. The highest BCUT2D eigenvalue weighted by Gasteiger charge is 2.03. The molecule has 35 heavy (non-hydrogen) atoms. The zero-order valence-corrected chi connectivity index (χ0v) is 20.2. The van der Waals surface area contributed by atoms with E-state index in [9.17, 15) is 9.59 Å². The van der Waals surface area contributed by atoms with Crippen molar-refractivity contribution in [2.75, 3.05) is 91.1 Å². The Morgan fingerprint density at radius 2 is 1.09 bits per heavy atom. The van der Waals surface area contributed by atoms with Gasteiger partial charge in [-0.1, -0.05) is 12.1 Å². The second-order valence-electron chi connectivity index (χ2n) is 7.07. The van der Waals surface area contributed by atoms with Crippen molar-refractivity contribution < 1.29 is 42.7 Å². The topological polar surface area (TPSA) is 163 Å². The van der Waals surface area contributed by atoms with Gasteiger partial charge in [-0.05, 0) is 17.7 Å². The van der Waals surface area contributed by atoms with Gasteiger partial charge < -0.3 is 49.9 Å². The quantitative estimate of drug-likeness (QED) is 0.182. The van der Waals surface area contributed by atoms with Gasteiger partial charge in [-0.2, -0.15) is 0 Å². The second kappa shape index (κ2) is 22.2. The van der Waals surface area contributed by atoms with Crippen LogP contribution in [0.2, 0.25) is 0 Å². The van der Waals surface area contributed by atoms with E-state index < -0.39 is 6.09 Å². The van der Waals surface area contributed by atoms with Crippen molar-refractivity contribution >= 4 is 17.7 Å². The SMILES string of the molecule is NCCOCCOCCOCCOCCOCCOCCC(=O)Nc1ccc(COC(N)=O)cc1. The summed E-state index contributed by atoms with van der Waals surface area (Å²) in [5.41, 5.74) is 11.6. The van der Waals surface area contributed by atoms with E-state index in [0.717, 1.165) is 5.56 Å². The highest BCUT2D eigenvalue weighted by Crippen LogP contribution is 2.10. The number of benzene rings is 1. The van der Waals surface area contributed by atoms with Crippen LogP contribution in [-0.4, -0.2) is 97.8 Å². The van der Waals surface area contributed by atoms with Gasteiger partial charge in [0.15, 0.2) is 0 Å². The number of ether oxygens (including phenoxy) is 7. The third kappa shape index (κ3) is 19.7. The van der Waals surface area contributed by atoms with Gasteiger partial charge in [0.2, 0.25) is 5.91 Å². The Morgan fingerprint density at radius 3 is 1.51 bits per heavy atom. The van der Waals surface area contributed by atoms with Gasteiger partial charge in [0.05, 0.1) is 85.7 Å². The fourth-order valence-electron chi connectivity index (χ4n) is 2.51. The number of nitrogens with two attached hydrogens (primary N) is 2. The van der Waals surface area contributed by atoms with Crippen LogP contribution in [0.15, 0.2) is 24.3 Å². The molecule has 1 rings (SSSR count). The fourth-order valence-corrected chi connectivity index (χ4v) is 2.51. The van der Waals surface area contributed by atoms with Gasteiger partial charge in [-0.3, -0.25) is 4.79 Å². The minimum atomic E-state index is -0.832. The number of carbonyl (C=O) groups is 2. The van der Waals surface area contributed by atoms with Gasteiger partial charge in [0, 0.05) is 12.2 Å². The van der Waals surface area contributed by atoms with Crippen molar-refractivity contribution in [3.05, 3.63) is 29.8 Å². The Bertz CT molecular complexity index is 662. The Kier molecular flexibility index (Phi) is 19.4. The number of hydrogen-bond donors (Lipinski definition) is 3. The zero-order valence-electron chi connectivity index (χ0n) is 20.2. The van der Waals surface area contributed by atoms with Gasteiger partial charge >= 0.3 is 6.09 Å². The van der Waals surface area contributed by atoms with Gasteiger partial charge in [0.1, 0.15) is 6.61 Å². The molecule has 0 unspecified atom stereocenters. The Labute approximate surface area is 206 Å². The van der Waals surface area contributed by atoms with Crippen molar-refractivity contribution in [2.24, 2.45) is 11.5 Å². The number of hydrogen-bond acceptors (Lipinski definition) is 10. The monoisotopic (exact) mass is 501 g/mol. The molecule has 0 heterocycles. The first-order chi connectivity index (χ1) is 17.1. The number of anilines is 1. The molecule has 0 saturated heterocycles. The first-order valence-corrected chi connectivity index (χ1v) is 11.6. The van der Waals surface area contributed by atoms with Gasteiger partial charge in [0.25, 0.3) is 0 Å². The van der Waals surface area contributed by atoms with Gasteiger partial charge in [-0.25, -0.2) is 4.79 Å². The minimum Gasteiger partial charge on any atom is -0.445 e. The molecule has 0 bridgehead atoms. The molecular weight excluding hydrogens is 462 g/mol. The average molecular weight is 502 g/mol. The molecule has 2 amide bonds. The number of primary amides is 1. The molecule has 0 radical (unpaired) electrons. The summed E-state index contributed by atoms with van der Waals surface area (Å²) in [6.45, 7) is 6.23. The summed E-state index contributed by atoms with van der Waals surface area (Å²) in [5, 5.41) is 2.77. The maximum absolute atomic E-state index is 11.9. The summed E-state index contributed by atoms with van der Waals surface area (Å²) in [6, 6.07) is 6.92. The largest absolute Gasteiger partial charge is 0.445 e. The molecule has 0 fully saturated rings. The molecule has 0 spiro atoms. The van der Waals surface area contributed by atoms with E-state index >= 15 is 0 Å². The number of amides is 2. The molecule has 1 aromatic rings. The molecule has 0 aliphatic carbocycles. The fraction of sp³-hybridized carbons (Fsp3) is 0.652. The van der Waals surface area contributed by atoms with E-state index in [4.69, 9.17) is 44.6 Å². The second-order valence-corrected chi connectivity index (χ2v) is 7.07. The summed E-state index contributed by atoms with van der Waals surface area (Å²) in [5.74, 6) is -0.161. The van der Waals surface area contributed by atoms with Crippen LogP contribution >= 0.6 is 0 Å². The number of carbonyl (C=O) groups excluding carboxylic acids is 2. The van der Waals surface area contributed by atoms with E-state index in [1.807, 2.05) is 0 Å². The highest BCUT2D eigenvalue weighted by atomic mass is 16.6. The Balaban J connectivity index is 1.83. The lowest BCUT2D eigenvalue weighted by molar-refractivity contribution is -0.117. The van der Waals surface area contributed by atoms with Crippen molar-refractivity contribution in [1.82, 2.24) is 0 Å². The third-order valence-electron chi connectivity index (χ3n) is 4.21. The normalized spacial score (nSPS) is 10.9. The van der Waals surface area contributed by atoms with Crippen molar-refractivity contribution in [2.45, 2.75) is 13.0 Å². The van der Waals surface area contributed by atoms with Crippen LogP contribution in [0.4, 0.5) is 10.5 Å². The van der Waals surface area contributed by atoms with Crippen LogP contribution in [0.25, 0.3) is 0 Å². The number of nitrogens with one attached hydrogen (secondary N) is 1. The summed E-state index contributed by atoms with van der Waals surface area (Å²) in [7, 11) is 0. The summed E-state index contributed by atoms with van der Waals surface area (Å²) in [6.07, 6.45) is -0.607. The molecule has 200 valence electrons. The van der Waals surface area contributed by atoms with E-state index in [1.54, 1.807) is 24.3 Å². The third-order valence-corrected chi connectivity index (χ3v) is 4.21. The molecule has 0 aliphatic rings. The minimum absolute atomic E-state index is 0.0867. The molecule has 0 atom stereocenters. The van der Waals surface area contributed by atoms with Crippen molar-refractivity contribution in [3.8, 4) is 0 Å². The Hall–Kier alpha value is -2.32. The first-order valence-electron chi connectivity index (χ1n) is 11.6. The van der Waals surface area contributed by atoms with Crippen LogP contribution < -0.4 is 16.8 Å². The number of rotatable bonds is 23. The molecule has 12 nitrogen and oxygen atoms in total. The summed E-state index contributed by atoms with van der Waals surface area (Å²) < 4.78 is 36.8. The smallest absolute Gasteiger partial charge is 0.404 e. The van der Waals surface area contributed by atoms with Crippen molar-refractivity contribution in [1.29, 1.82) is 0 Å². The van der Waals surface area contributed by atoms with Crippen LogP contribution in [-0.2, 0) is 44.6 Å². The molecule has 0 aromatic heterocycles. The maximum atomic E-state index is 11.9. The molecule has 12 heteroatoms. The molecule has 5 N–H and O–H groups in total. The predicted octanol–water partition coefficient (Wildman–Crippen LogP) is 0.669. The maximum Gasteiger partial charge on any atom is 0.404 e. The van der Waals surface area contributed by atoms with Crippen molar-refractivity contribution in [3.63, 3.8) is 0 Å². The summed E-state index contributed by atoms with van der Waals surface area (Å²) >= 11 is 0. The van der Waals surface area contributed by atoms with E-state index in [0.29, 0.717) is 84.9 Å². The summed E-state index contributed by atoms with van der Waals surface area (Å²) in [4.78, 5) is 22.5. The molecule has 1 aromatic carbocycles. The van der Waals surface area contributed by atoms with Gasteiger partial charge in [-0.15, -0.1) is 0 Å². The zero-order chi connectivity index (χ0) is 25.4. The molecule has 0 saturated carbocycles. The first kappa shape index (κ1) is 30.7. The lowest BCUT2D eigenvalue weighted by atomic mass is 10.2. The van der Waals surface area contributed by atoms with E-state index in [2.05, 4.69) is 5.32 Å².